The summed E-state index contributed by atoms with van der Waals surface area (Å²) in [4.78, 5) is 4.35. The maximum absolute atomic E-state index is 6.14. The number of nitrogen functional groups attached to an aromatic ring is 1. The van der Waals surface area contributed by atoms with Crippen molar-refractivity contribution in [2.75, 3.05) is 12.8 Å². The first-order valence-electron chi connectivity index (χ1n) is 6.22. The van der Waals surface area contributed by atoms with Crippen molar-refractivity contribution in [1.82, 2.24) is 10.1 Å². The zero-order valence-electron chi connectivity index (χ0n) is 10.8. The molecule has 1 atom stereocenters. The molecule has 0 bridgehead atoms. The van der Waals surface area contributed by atoms with Crippen LogP contribution in [0, 0.1) is 5.92 Å². The molecule has 1 aromatic heterocycles. The van der Waals surface area contributed by atoms with Crippen molar-refractivity contribution in [2.45, 2.75) is 18.9 Å². The van der Waals surface area contributed by atoms with Gasteiger partial charge in [-0.05, 0) is 30.9 Å². The summed E-state index contributed by atoms with van der Waals surface area (Å²) in [7, 11) is 1.64. The van der Waals surface area contributed by atoms with Crippen LogP contribution >= 0.6 is 23.2 Å². The molecule has 1 aliphatic rings. The van der Waals surface area contributed by atoms with Crippen LogP contribution in [-0.4, -0.2) is 17.3 Å². The number of nitrogens with two attached hydrogens (primary N) is 1. The lowest BCUT2D eigenvalue weighted by Crippen LogP contribution is -2.05. The Balaban J connectivity index is 2.00. The van der Waals surface area contributed by atoms with E-state index in [9.17, 15) is 0 Å². The number of benzene rings is 1. The minimum Gasteiger partial charge on any atom is -0.397 e. The van der Waals surface area contributed by atoms with Crippen LogP contribution in [0.1, 0.15) is 24.8 Å². The number of hydrogen-bond donors (Lipinski definition) is 1. The fourth-order valence-electron chi connectivity index (χ4n) is 2.14. The quantitative estimate of drug-likeness (QED) is 0.871. The number of nitrogens with zero attached hydrogens (tertiary/aromatic N) is 2. The van der Waals surface area contributed by atoms with Crippen molar-refractivity contribution in [3.8, 4) is 11.5 Å². The van der Waals surface area contributed by atoms with E-state index in [1.54, 1.807) is 19.2 Å². The molecule has 0 aliphatic heterocycles. The highest BCUT2D eigenvalue weighted by atomic mass is 35.5. The number of ether oxygens (including phenoxy) is 1. The van der Waals surface area contributed by atoms with Crippen LogP contribution in [-0.2, 0) is 4.74 Å². The number of rotatable bonds is 4. The molecule has 0 amide bonds. The third kappa shape index (κ3) is 2.37. The molecule has 0 saturated heterocycles. The summed E-state index contributed by atoms with van der Waals surface area (Å²) in [5.41, 5.74) is 6.72. The monoisotopic (exact) mass is 313 g/mol. The van der Waals surface area contributed by atoms with Gasteiger partial charge in [-0.2, -0.15) is 4.98 Å². The molecule has 1 heterocycles. The van der Waals surface area contributed by atoms with Gasteiger partial charge in [0.2, 0.25) is 5.82 Å². The highest BCUT2D eigenvalue weighted by molar-refractivity contribution is 6.37. The average molecular weight is 314 g/mol. The maximum Gasteiger partial charge on any atom is 0.261 e. The highest BCUT2D eigenvalue weighted by Crippen LogP contribution is 2.43. The van der Waals surface area contributed by atoms with Crippen molar-refractivity contribution in [1.29, 1.82) is 0 Å². The molecule has 1 fully saturated rings. The smallest absolute Gasteiger partial charge is 0.261 e. The minimum absolute atomic E-state index is 0.147. The molecule has 0 spiro atoms. The van der Waals surface area contributed by atoms with E-state index < -0.39 is 0 Å². The lowest BCUT2D eigenvalue weighted by molar-refractivity contribution is 0.0751. The van der Waals surface area contributed by atoms with E-state index in [-0.39, 0.29) is 12.0 Å². The van der Waals surface area contributed by atoms with Crippen molar-refractivity contribution >= 4 is 28.9 Å². The molecule has 3 rings (SSSR count). The largest absolute Gasteiger partial charge is 0.397 e. The molecule has 106 valence electrons. The molecule has 0 radical (unpaired) electrons. The molecule has 1 aromatic carbocycles. The number of anilines is 1. The molecular weight excluding hydrogens is 301 g/mol. The second-order valence-electron chi connectivity index (χ2n) is 4.77. The van der Waals surface area contributed by atoms with E-state index in [1.807, 2.05) is 0 Å². The molecule has 5 nitrogen and oxygen atoms in total. The molecular formula is C13H13Cl2N3O2. The number of halogens is 2. The van der Waals surface area contributed by atoms with Crippen LogP contribution in [0.15, 0.2) is 16.7 Å². The van der Waals surface area contributed by atoms with E-state index >= 15 is 0 Å². The van der Waals surface area contributed by atoms with Crippen LogP contribution in [0.2, 0.25) is 10.0 Å². The van der Waals surface area contributed by atoms with E-state index in [0.717, 1.165) is 12.8 Å². The van der Waals surface area contributed by atoms with Gasteiger partial charge in [0.15, 0.2) is 0 Å². The fraction of sp³-hybridized carbons (Fsp3) is 0.385. The molecule has 7 heteroatoms. The molecule has 20 heavy (non-hydrogen) atoms. The second kappa shape index (κ2) is 5.24. The summed E-state index contributed by atoms with van der Waals surface area (Å²) < 4.78 is 10.7. The van der Waals surface area contributed by atoms with Gasteiger partial charge in [0.05, 0.1) is 21.3 Å². The summed E-state index contributed by atoms with van der Waals surface area (Å²) in [6.45, 7) is 0. The van der Waals surface area contributed by atoms with Gasteiger partial charge in [0, 0.05) is 7.11 Å². The summed E-state index contributed by atoms with van der Waals surface area (Å²) in [5, 5.41) is 4.79. The molecule has 2 N–H and O–H groups in total. The van der Waals surface area contributed by atoms with Crippen molar-refractivity contribution in [2.24, 2.45) is 5.92 Å². The van der Waals surface area contributed by atoms with E-state index in [2.05, 4.69) is 10.1 Å². The molecule has 1 saturated carbocycles. The SMILES string of the molecule is COC(c1noc(-c2c(Cl)ccc(Cl)c2N)n1)C1CC1. The Bertz CT molecular complexity index is 641. The Labute approximate surface area is 126 Å². The van der Waals surface area contributed by atoms with Crippen molar-refractivity contribution < 1.29 is 9.26 Å². The summed E-state index contributed by atoms with van der Waals surface area (Å²) >= 11 is 12.1. The Morgan fingerprint density at radius 1 is 1.35 bits per heavy atom. The van der Waals surface area contributed by atoms with E-state index in [1.165, 1.54) is 0 Å². The van der Waals surface area contributed by atoms with Crippen LogP contribution in [0.4, 0.5) is 5.69 Å². The third-order valence-corrected chi connectivity index (χ3v) is 4.00. The average Bonchev–Trinajstić information content (AvgIpc) is 3.15. The standard InChI is InChI=1S/C13H13Cl2N3O2/c1-19-11(6-2-3-6)12-17-13(20-18-12)9-7(14)4-5-8(15)10(9)16/h4-6,11H,2-3,16H2,1H3. The minimum atomic E-state index is -0.147. The topological polar surface area (TPSA) is 74.2 Å². The maximum atomic E-state index is 6.14. The first kappa shape index (κ1) is 13.7. The number of hydrogen-bond acceptors (Lipinski definition) is 5. The fourth-order valence-corrected chi connectivity index (χ4v) is 2.55. The Hall–Kier alpha value is -1.30. The van der Waals surface area contributed by atoms with Gasteiger partial charge in [0.25, 0.3) is 5.89 Å². The second-order valence-corrected chi connectivity index (χ2v) is 5.58. The molecule has 1 unspecified atom stereocenters. The number of methoxy groups -OCH3 is 1. The van der Waals surface area contributed by atoms with Crippen LogP contribution < -0.4 is 5.73 Å². The molecule has 1 aliphatic carbocycles. The van der Waals surface area contributed by atoms with Gasteiger partial charge >= 0.3 is 0 Å². The van der Waals surface area contributed by atoms with Gasteiger partial charge in [0.1, 0.15) is 6.10 Å². The van der Waals surface area contributed by atoms with Crippen molar-refractivity contribution in [3.63, 3.8) is 0 Å². The van der Waals surface area contributed by atoms with Crippen LogP contribution in [0.5, 0.6) is 0 Å². The summed E-state index contributed by atoms with van der Waals surface area (Å²) in [6.07, 6.45) is 2.08. The zero-order chi connectivity index (χ0) is 14.3. The normalized spacial score (nSPS) is 16.4. The predicted octanol–water partition coefficient (Wildman–Crippen LogP) is 3.72. The van der Waals surface area contributed by atoms with Gasteiger partial charge in [-0.25, -0.2) is 0 Å². The van der Waals surface area contributed by atoms with Gasteiger partial charge in [-0.3, -0.25) is 0 Å². The van der Waals surface area contributed by atoms with Crippen LogP contribution in [0.3, 0.4) is 0 Å². The Morgan fingerprint density at radius 3 is 2.70 bits per heavy atom. The van der Waals surface area contributed by atoms with Crippen molar-refractivity contribution in [3.05, 3.63) is 28.0 Å². The van der Waals surface area contributed by atoms with Gasteiger partial charge in [-0.15, -0.1) is 0 Å². The first-order valence-corrected chi connectivity index (χ1v) is 6.97. The highest BCUT2D eigenvalue weighted by Gasteiger charge is 2.36. The zero-order valence-corrected chi connectivity index (χ0v) is 12.3. The summed E-state index contributed by atoms with van der Waals surface area (Å²) in [5.74, 6) is 1.23. The van der Waals surface area contributed by atoms with E-state index in [0.29, 0.717) is 33.0 Å². The Morgan fingerprint density at radius 2 is 2.05 bits per heavy atom. The van der Waals surface area contributed by atoms with E-state index in [4.69, 9.17) is 38.2 Å². The third-order valence-electron chi connectivity index (χ3n) is 3.36. The number of aromatic nitrogens is 2. The van der Waals surface area contributed by atoms with Crippen LogP contribution in [0.25, 0.3) is 11.5 Å². The van der Waals surface area contributed by atoms with Gasteiger partial charge < -0.3 is 15.0 Å². The van der Waals surface area contributed by atoms with Gasteiger partial charge in [-0.1, -0.05) is 28.4 Å². The predicted molar refractivity (Wildman–Crippen MR) is 76.6 cm³/mol. The molecule has 2 aromatic rings. The lowest BCUT2D eigenvalue weighted by atomic mass is 10.1. The lowest BCUT2D eigenvalue weighted by Gasteiger charge is -2.08. The summed E-state index contributed by atoms with van der Waals surface area (Å²) in [6, 6.07) is 3.27. The first-order chi connectivity index (χ1) is 9.61. The Kier molecular flexibility index (Phi) is 3.58.